The molecule has 6 nitrogen and oxygen atoms in total. The number of halogens is 1. The maximum atomic E-state index is 12.9. The Hall–Kier alpha value is -2.78. The van der Waals surface area contributed by atoms with E-state index < -0.39 is 6.04 Å². The predicted octanol–water partition coefficient (Wildman–Crippen LogP) is 3.25. The summed E-state index contributed by atoms with van der Waals surface area (Å²) in [4.78, 5) is 16.6. The van der Waals surface area contributed by atoms with Crippen LogP contribution in [-0.2, 0) is 4.79 Å². The number of benzene rings is 2. The molecule has 0 unspecified atom stereocenters. The molecule has 1 heterocycles. The lowest BCUT2D eigenvalue weighted by Gasteiger charge is -2.15. The van der Waals surface area contributed by atoms with E-state index in [0.29, 0.717) is 10.8 Å². The van der Waals surface area contributed by atoms with Crippen molar-refractivity contribution in [3.05, 3.63) is 54.3 Å². The minimum atomic E-state index is -0.517. The van der Waals surface area contributed by atoms with Gasteiger partial charge in [-0.05, 0) is 55.5 Å². The summed E-state index contributed by atoms with van der Waals surface area (Å²) in [6.45, 7) is 1.72. The van der Waals surface area contributed by atoms with Gasteiger partial charge >= 0.3 is 0 Å². The quantitative estimate of drug-likeness (QED) is 0.405. The molecule has 0 fully saturated rings. The van der Waals surface area contributed by atoms with Gasteiger partial charge in [-0.2, -0.15) is 0 Å². The standard InChI is InChI=1S/C17H16FN5OS2/c1-10(19-17-21-13-4-2-3-5-14(13)26-17)15(24)22-23-16(25)20-12-8-6-11(18)7-9-12/h2-10H,1H3,(H,19,21)(H,22,24)(H2,20,23,25)/t10-/m1/s1. The first kappa shape index (κ1) is 18.0. The van der Waals surface area contributed by atoms with E-state index in [1.807, 2.05) is 24.3 Å². The summed E-state index contributed by atoms with van der Waals surface area (Å²) in [5.74, 6) is -0.634. The Morgan fingerprint density at radius 1 is 1.15 bits per heavy atom. The normalized spacial score (nSPS) is 11.6. The van der Waals surface area contributed by atoms with Crippen LogP contribution in [0.25, 0.3) is 10.2 Å². The zero-order valence-corrected chi connectivity index (χ0v) is 15.4. The highest BCUT2D eigenvalue weighted by Gasteiger charge is 2.14. The van der Waals surface area contributed by atoms with Crippen molar-refractivity contribution in [3.8, 4) is 0 Å². The molecule has 2 aromatic carbocycles. The van der Waals surface area contributed by atoms with Gasteiger partial charge < -0.3 is 10.6 Å². The molecule has 1 atom stereocenters. The highest BCUT2D eigenvalue weighted by Crippen LogP contribution is 2.25. The van der Waals surface area contributed by atoms with Gasteiger partial charge in [-0.1, -0.05) is 23.5 Å². The summed E-state index contributed by atoms with van der Waals surface area (Å²) in [6.07, 6.45) is 0. The number of thiazole rings is 1. The first-order valence-corrected chi connectivity index (χ1v) is 8.98. The Balaban J connectivity index is 1.49. The van der Waals surface area contributed by atoms with E-state index in [-0.39, 0.29) is 16.8 Å². The molecule has 0 saturated carbocycles. The SMILES string of the molecule is C[C@@H](Nc1nc2ccccc2s1)C(=O)NNC(=S)Nc1ccc(F)cc1. The maximum absolute atomic E-state index is 12.9. The molecule has 0 radical (unpaired) electrons. The second-order valence-corrected chi connectivity index (χ2v) is 6.87. The van der Waals surface area contributed by atoms with Crippen LogP contribution in [0.2, 0.25) is 0 Å². The largest absolute Gasteiger partial charge is 0.350 e. The lowest BCUT2D eigenvalue weighted by Crippen LogP contribution is -2.49. The fraction of sp³-hybridized carbons (Fsp3) is 0.118. The van der Waals surface area contributed by atoms with Crippen molar-refractivity contribution in [1.82, 2.24) is 15.8 Å². The molecule has 1 amide bonds. The lowest BCUT2D eigenvalue weighted by molar-refractivity contribution is -0.122. The molecule has 0 aliphatic carbocycles. The summed E-state index contributed by atoms with van der Waals surface area (Å²) >= 11 is 6.56. The van der Waals surface area contributed by atoms with E-state index in [9.17, 15) is 9.18 Å². The zero-order valence-electron chi connectivity index (χ0n) is 13.7. The van der Waals surface area contributed by atoms with Gasteiger partial charge in [0.2, 0.25) is 0 Å². The Morgan fingerprint density at radius 2 is 1.88 bits per heavy atom. The van der Waals surface area contributed by atoms with Crippen LogP contribution in [0.15, 0.2) is 48.5 Å². The number of aromatic nitrogens is 1. The van der Waals surface area contributed by atoms with E-state index in [2.05, 4.69) is 26.5 Å². The molecule has 0 spiro atoms. The molecule has 0 aliphatic rings. The summed E-state index contributed by atoms with van der Waals surface area (Å²) < 4.78 is 13.9. The number of fused-ring (bicyclic) bond motifs is 1. The van der Waals surface area contributed by atoms with Crippen molar-refractivity contribution >= 4 is 55.6 Å². The van der Waals surface area contributed by atoms with Crippen LogP contribution in [0.5, 0.6) is 0 Å². The van der Waals surface area contributed by atoms with Crippen LogP contribution in [-0.4, -0.2) is 22.0 Å². The molecular weight excluding hydrogens is 373 g/mol. The molecule has 9 heteroatoms. The first-order valence-electron chi connectivity index (χ1n) is 7.76. The predicted molar refractivity (Wildman–Crippen MR) is 107 cm³/mol. The molecule has 1 aromatic heterocycles. The Labute approximate surface area is 158 Å². The number of rotatable bonds is 4. The summed E-state index contributed by atoms with van der Waals surface area (Å²) in [6, 6.07) is 13.0. The van der Waals surface area contributed by atoms with E-state index in [1.54, 1.807) is 19.1 Å². The third-order valence-corrected chi connectivity index (χ3v) is 4.60. The van der Waals surface area contributed by atoms with Crippen LogP contribution in [0, 0.1) is 5.82 Å². The summed E-state index contributed by atoms with van der Waals surface area (Å²) in [7, 11) is 0. The third-order valence-electron chi connectivity index (χ3n) is 3.43. The third kappa shape index (κ3) is 4.64. The smallest absolute Gasteiger partial charge is 0.260 e. The monoisotopic (exact) mass is 389 g/mol. The van der Waals surface area contributed by atoms with Gasteiger partial charge in [-0.3, -0.25) is 15.6 Å². The number of carbonyl (C=O) groups is 1. The van der Waals surface area contributed by atoms with Gasteiger partial charge in [0, 0.05) is 5.69 Å². The summed E-state index contributed by atoms with van der Waals surface area (Å²) in [5, 5.41) is 6.76. The zero-order chi connectivity index (χ0) is 18.5. The van der Waals surface area contributed by atoms with Gasteiger partial charge in [0.15, 0.2) is 10.2 Å². The van der Waals surface area contributed by atoms with Crippen molar-refractivity contribution in [1.29, 1.82) is 0 Å². The van der Waals surface area contributed by atoms with Crippen LogP contribution in [0.3, 0.4) is 0 Å². The average molecular weight is 389 g/mol. The number of amides is 1. The van der Waals surface area contributed by atoms with E-state index in [0.717, 1.165) is 10.2 Å². The molecule has 0 aliphatic heterocycles. The number of para-hydroxylation sites is 1. The molecule has 3 aromatic rings. The van der Waals surface area contributed by atoms with Crippen molar-refractivity contribution in [2.45, 2.75) is 13.0 Å². The highest BCUT2D eigenvalue weighted by atomic mass is 32.1. The molecule has 4 N–H and O–H groups in total. The van der Waals surface area contributed by atoms with Crippen LogP contribution < -0.4 is 21.5 Å². The number of nitrogens with zero attached hydrogens (tertiary/aromatic N) is 1. The maximum Gasteiger partial charge on any atom is 0.260 e. The van der Waals surface area contributed by atoms with Crippen LogP contribution in [0.1, 0.15) is 6.92 Å². The molecule has 3 rings (SSSR count). The number of hydrogen-bond donors (Lipinski definition) is 4. The lowest BCUT2D eigenvalue weighted by atomic mass is 10.3. The van der Waals surface area contributed by atoms with E-state index in [4.69, 9.17) is 12.2 Å². The number of hydrazine groups is 1. The van der Waals surface area contributed by atoms with Crippen molar-refractivity contribution < 1.29 is 9.18 Å². The topological polar surface area (TPSA) is 78.1 Å². The fourth-order valence-electron chi connectivity index (χ4n) is 2.11. The molecule has 0 bridgehead atoms. The van der Waals surface area contributed by atoms with Gasteiger partial charge in [-0.25, -0.2) is 9.37 Å². The minimum absolute atomic E-state index is 0.192. The first-order chi connectivity index (χ1) is 12.5. The number of thiocarbonyl (C=S) groups is 1. The molecule has 134 valence electrons. The average Bonchev–Trinajstić information content (AvgIpc) is 3.03. The van der Waals surface area contributed by atoms with Crippen LogP contribution >= 0.6 is 23.6 Å². The van der Waals surface area contributed by atoms with Gasteiger partial charge in [-0.15, -0.1) is 0 Å². The van der Waals surface area contributed by atoms with Gasteiger partial charge in [0.1, 0.15) is 11.9 Å². The Kier molecular flexibility index (Phi) is 5.59. The van der Waals surface area contributed by atoms with Crippen molar-refractivity contribution in [3.63, 3.8) is 0 Å². The minimum Gasteiger partial charge on any atom is -0.350 e. The Morgan fingerprint density at radius 3 is 2.62 bits per heavy atom. The van der Waals surface area contributed by atoms with Crippen molar-refractivity contribution in [2.24, 2.45) is 0 Å². The van der Waals surface area contributed by atoms with E-state index >= 15 is 0 Å². The molecule has 0 saturated heterocycles. The highest BCUT2D eigenvalue weighted by molar-refractivity contribution is 7.80. The van der Waals surface area contributed by atoms with Crippen LogP contribution in [0.4, 0.5) is 15.2 Å². The number of carbonyl (C=O) groups excluding carboxylic acids is 1. The molecule has 26 heavy (non-hydrogen) atoms. The number of anilines is 2. The van der Waals surface area contributed by atoms with Gasteiger partial charge in [0.05, 0.1) is 10.2 Å². The number of hydrogen-bond acceptors (Lipinski definition) is 5. The second-order valence-electron chi connectivity index (χ2n) is 5.43. The number of nitrogens with one attached hydrogen (secondary N) is 4. The Bertz CT molecular complexity index is 895. The van der Waals surface area contributed by atoms with E-state index in [1.165, 1.54) is 23.5 Å². The fourth-order valence-corrected chi connectivity index (χ4v) is 3.23. The molecular formula is C17H16FN5OS2. The second kappa shape index (κ2) is 8.07. The van der Waals surface area contributed by atoms with Crippen molar-refractivity contribution in [2.75, 3.05) is 10.6 Å². The summed E-state index contributed by atoms with van der Waals surface area (Å²) in [5.41, 5.74) is 6.62. The van der Waals surface area contributed by atoms with Gasteiger partial charge in [0.25, 0.3) is 5.91 Å².